The lowest BCUT2D eigenvalue weighted by Gasteiger charge is -2.13. The monoisotopic (exact) mass is 394 g/mol. The number of non-ortho nitro benzene ring substituents is 1. The molecule has 1 heterocycles. The van der Waals surface area contributed by atoms with E-state index < -0.39 is 10.8 Å². The molecule has 0 fully saturated rings. The van der Waals surface area contributed by atoms with Crippen molar-refractivity contribution in [2.75, 3.05) is 5.32 Å². The molecule has 2 aromatic carbocycles. The van der Waals surface area contributed by atoms with Gasteiger partial charge in [-0.05, 0) is 56.5 Å². The zero-order valence-corrected chi connectivity index (χ0v) is 16.9. The molecule has 1 amide bonds. The molecule has 1 aromatic heterocycles. The Morgan fingerprint density at radius 1 is 1.10 bits per heavy atom. The SMILES string of the molecule is Cc1cc(C)c(C)c(Oc2cc(NC(=O)c3cc(C)n(C)n3)cc([N+](=O)[O-])c2)c1. The number of nitrogens with one attached hydrogen (secondary N) is 1. The number of nitro groups is 1. The molecule has 0 unspecified atom stereocenters. The molecule has 0 bridgehead atoms. The number of nitrogens with zero attached hydrogens (tertiary/aromatic N) is 3. The Hall–Kier alpha value is -3.68. The van der Waals surface area contributed by atoms with Gasteiger partial charge in [0.1, 0.15) is 11.5 Å². The molecule has 1 N–H and O–H groups in total. The molecule has 150 valence electrons. The second kappa shape index (κ2) is 7.75. The summed E-state index contributed by atoms with van der Waals surface area (Å²) in [6.45, 7) is 7.68. The minimum atomic E-state index is -0.526. The summed E-state index contributed by atoms with van der Waals surface area (Å²) in [4.78, 5) is 23.3. The van der Waals surface area contributed by atoms with Crippen molar-refractivity contribution in [3.63, 3.8) is 0 Å². The number of rotatable bonds is 5. The highest BCUT2D eigenvalue weighted by Crippen LogP contribution is 2.33. The van der Waals surface area contributed by atoms with Crippen LogP contribution in [0.15, 0.2) is 36.4 Å². The predicted molar refractivity (Wildman–Crippen MR) is 110 cm³/mol. The Labute approximate surface area is 168 Å². The zero-order chi connectivity index (χ0) is 21.3. The molecule has 0 saturated carbocycles. The topological polar surface area (TPSA) is 99.3 Å². The highest BCUT2D eigenvalue weighted by Gasteiger charge is 2.16. The van der Waals surface area contributed by atoms with Gasteiger partial charge in [0.2, 0.25) is 0 Å². The molecule has 0 aliphatic rings. The summed E-state index contributed by atoms with van der Waals surface area (Å²) in [7, 11) is 1.73. The van der Waals surface area contributed by atoms with Gasteiger partial charge < -0.3 is 10.1 Å². The molecule has 3 aromatic rings. The molecule has 8 nitrogen and oxygen atoms in total. The van der Waals surface area contributed by atoms with E-state index in [0.717, 1.165) is 22.4 Å². The van der Waals surface area contributed by atoms with Gasteiger partial charge in [-0.15, -0.1) is 0 Å². The summed E-state index contributed by atoms with van der Waals surface area (Å²) < 4.78 is 7.52. The van der Waals surface area contributed by atoms with Crippen LogP contribution in [0, 0.1) is 37.8 Å². The first kappa shape index (κ1) is 20.1. The Kier molecular flexibility index (Phi) is 5.36. The molecule has 3 rings (SSSR count). The number of anilines is 1. The van der Waals surface area contributed by atoms with Gasteiger partial charge >= 0.3 is 0 Å². The van der Waals surface area contributed by atoms with Crippen LogP contribution in [0.5, 0.6) is 11.5 Å². The van der Waals surface area contributed by atoms with Gasteiger partial charge in [0, 0.05) is 24.9 Å². The highest BCUT2D eigenvalue weighted by molar-refractivity contribution is 6.03. The van der Waals surface area contributed by atoms with Crippen molar-refractivity contribution in [1.82, 2.24) is 9.78 Å². The summed E-state index contributed by atoms with van der Waals surface area (Å²) in [5.74, 6) is 0.420. The van der Waals surface area contributed by atoms with Crippen molar-refractivity contribution in [1.29, 1.82) is 0 Å². The minimum absolute atomic E-state index is 0.183. The predicted octanol–water partition coefficient (Wildman–Crippen LogP) is 4.61. The number of hydrogen-bond acceptors (Lipinski definition) is 5. The maximum atomic E-state index is 12.5. The van der Waals surface area contributed by atoms with E-state index in [1.807, 2.05) is 39.8 Å². The van der Waals surface area contributed by atoms with Crippen molar-refractivity contribution in [3.8, 4) is 11.5 Å². The van der Waals surface area contributed by atoms with E-state index in [-0.39, 0.29) is 22.8 Å². The number of hydrogen-bond donors (Lipinski definition) is 1. The maximum absolute atomic E-state index is 12.5. The second-order valence-electron chi connectivity index (χ2n) is 7.03. The number of amides is 1. The van der Waals surface area contributed by atoms with Crippen LogP contribution in [0.3, 0.4) is 0 Å². The van der Waals surface area contributed by atoms with E-state index in [2.05, 4.69) is 10.4 Å². The smallest absolute Gasteiger partial charge is 0.276 e. The maximum Gasteiger partial charge on any atom is 0.276 e. The third kappa shape index (κ3) is 4.43. The highest BCUT2D eigenvalue weighted by atomic mass is 16.6. The molecule has 0 aliphatic carbocycles. The first-order chi connectivity index (χ1) is 13.6. The molecule has 0 radical (unpaired) electrons. The van der Waals surface area contributed by atoms with Gasteiger partial charge in [0.15, 0.2) is 5.69 Å². The average Bonchev–Trinajstić information content (AvgIpc) is 2.98. The number of carbonyl (C=O) groups is 1. The number of benzene rings is 2. The van der Waals surface area contributed by atoms with Gasteiger partial charge in [-0.2, -0.15) is 5.10 Å². The van der Waals surface area contributed by atoms with Gasteiger partial charge in [0.25, 0.3) is 11.6 Å². The van der Waals surface area contributed by atoms with Crippen molar-refractivity contribution in [2.24, 2.45) is 7.05 Å². The lowest BCUT2D eigenvalue weighted by atomic mass is 10.1. The molecular weight excluding hydrogens is 372 g/mol. The molecule has 0 spiro atoms. The molecule has 0 atom stereocenters. The van der Waals surface area contributed by atoms with Gasteiger partial charge in [-0.25, -0.2) is 0 Å². The fourth-order valence-corrected chi connectivity index (χ4v) is 2.92. The Morgan fingerprint density at radius 2 is 1.83 bits per heavy atom. The van der Waals surface area contributed by atoms with Crippen LogP contribution in [0.2, 0.25) is 0 Å². The van der Waals surface area contributed by atoms with Crippen molar-refractivity contribution in [2.45, 2.75) is 27.7 Å². The summed E-state index contributed by atoms with van der Waals surface area (Å²) in [5.41, 5.74) is 4.14. The van der Waals surface area contributed by atoms with E-state index in [0.29, 0.717) is 5.75 Å². The number of carbonyl (C=O) groups excluding carboxylic acids is 1. The minimum Gasteiger partial charge on any atom is -0.457 e. The summed E-state index contributed by atoms with van der Waals surface area (Å²) >= 11 is 0. The summed E-state index contributed by atoms with van der Waals surface area (Å²) in [5, 5.41) is 18.1. The van der Waals surface area contributed by atoms with Crippen LogP contribution in [-0.2, 0) is 7.05 Å². The zero-order valence-electron chi connectivity index (χ0n) is 16.9. The third-order valence-electron chi connectivity index (χ3n) is 4.70. The molecule has 29 heavy (non-hydrogen) atoms. The molecular formula is C21H22N4O4. The third-order valence-corrected chi connectivity index (χ3v) is 4.70. The fourth-order valence-electron chi connectivity index (χ4n) is 2.92. The first-order valence-corrected chi connectivity index (χ1v) is 9.01. The van der Waals surface area contributed by atoms with E-state index in [1.54, 1.807) is 23.9 Å². The van der Waals surface area contributed by atoms with Crippen molar-refractivity contribution < 1.29 is 14.5 Å². The van der Waals surface area contributed by atoms with Crippen LogP contribution < -0.4 is 10.1 Å². The van der Waals surface area contributed by atoms with Crippen LogP contribution in [-0.4, -0.2) is 20.6 Å². The Balaban J connectivity index is 1.94. The van der Waals surface area contributed by atoms with Gasteiger partial charge in [-0.3, -0.25) is 19.6 Å². The van der Waals surface area contributed by atoms with Crippen LogP contribution in [0.25, 0.3) is 0 Å². The van der Waals surface area contributed by atoms with E-state index in [9.17, 15) is 14.9 Å². The quantitative estimate of drug-likeness (QED) is 0.503. The normalized spacial score (nSPS) is 10.7. The van der Waals surface area contributed by atoms with E-state index in [4.69, 9.17) is 4.74 Å². The van der Waals surface area contributed by atoms with Crippen LogP contribution in [0.1, 0.15) is 32.9 Å². The lowest BCUT2D eigenvalue weighted by Crippen LogP contribution is -2.13. The van der Waals surface area contributed by atoms with Gasteiger partial charge in [0.05, 0.1) is 16.7 Å². The second-order valence-corrected chi connectivity index (χ2v) is 7.03. The molecule has 0 saturated heterocycles. The van der Waals surface area contributed by atoms with Crippen molar-refractivity contribution >= 4 is 17.3 Å². The number of aromatic nitrogens is 2. The number of ether oxygens (including phenoxy) is 1. The summed E-state index contributed by atoms with van der Waals surface area (Å²) in [6.07, 6.45) is 0. The largest absolute Gasteiger partial charge is 0.457 e. The number of nitro benzene ring substituents is 1. The molecule has 0 aliphatic heterocycles. The van der Waals surface area contributed by atoms with Crippen molar-refractivity contribution in [3.05, 3.63) is 74.6 Å². The van der Waals surface area contributed by atoms with Crippen LogP contribution in [0.4, 0.5) is 11.4 Å². The standard InChI is InChI=1S/C21H22N4O4/c1-12-6-13(2)15(4)20(7-12)29-18-10-16(9-17(11-18)25(27)28)22-21(26)19-8-14(3)24(5)23-19/h6-11H,1-5H3,(H,22,26). The van der Waals surface area contributed by atoms with E-state index >= 15 is 0 Å². The Bertz CT molecular complexity index is 1100. The first-order valence-electron chi connectivity index (χ1n) is 9.01. The van der Waals surface area contributed by atoms with Crippen LogP contribution >= 0.6 is 0 Å². The fraction of sp³-hybridized carbons (Fsp3) is 0.238. The number of aryl methyl sites for hydroxylation is 4. The molecule has 8 heteroatoms. The lowest BCUT2D eigenvalue weighted by molar-refractivity contribution is -0.384. The Morgan fingerprint density at radius 3 is 2.45 bits per heavy atom. The van der Waals surface area contributed by atoms with Gasteiger partial charge in [-0.1, -0.05) is 6.07 Å². The average molecular weight is 394 g/mol. The van der Waals surface area contributed by atoms with E-state index in [1.165, 1.54) is 12.1 Å². The summed E-state index contributed by atoms with van der Waals surface area (Å²) in [6, 6.07) is 9.72.